The van der Waals surface area contributed by atoms with Crippen LogP contribution in [0.4, 0.5) is 0 Å². The summed E-state index contributed by atoms with van der Waals surface area (Å²) in [5.74, 6) is -0.0205. The highest BCUT2D eigenvalue weighted by Gasteiger charge is 2.01. The number of hydrogen-bond acceptors (Lipinski definition) is 2. The summed E-state index contributed by atoms with van der Waals surface area (Å²) in [7, 11) is 0. The summed E-state index contributed by atoms with van der Waals surface area (Å²) >= 11 is 0. The van der Waals surface area contributed by atoms with Crippen LogP contribution < -0.4 is 0 Å². The van der Waals surface area contributed by atoms with E-state index in [0.29, 0.717) is 13.0 Å². The summed E-state index contributed by atoms with van der Waals surface area (Å²) in [6.07, 6.45) is 27.2. The minimum Gasteiger partial charge on any atom is -0.466 e. The molecule has 0 unspecified atom stereocenters. The van der Waals surface area contributed by atoms with Crippen molar-refractivity contribution in [3.63, 3.8) is 0 Å². The maximum absolute atomic E-state index is 11.2. The lowest BCUT2D eigenvalue weighted by atomic mass is 10.1. The summed E-state index contributed by atoms with van der Waals surface area (Å²) in [5, 5.41) is 0. The van der Waals surface area contributed by atoms with Crippen LogP contribution in [0.15, 0.2) is 12.2 Å². The van der Waals surface area contributed by atoms with E-state index in [0.717, 1.165) is 12.8 Å². The van der Waals surface area contributed by atoms with E-state index in [9.17, 15) is 4.79 Å². The van der Waals surface area contributed by atoms with Crippen molar-refractivity contribution in [1.29, 1.82) is 0 Å². The van der Waals surface area contributed by atoms with Crippen molar-refractivity contribution >= 4 is 5.97 Å². The van der Waals surface area contributed by atoms with Gasteiger partial charge in [-0.05, 0) is 32.1 Å². The predicted octanol–water partition coefficient (Wildman–Crippen LogP) is 9.17. The van der Waals surface area contributed by atoms with Gasteiger partial charge < -0.3 is 4.74 Å². The van der Waals surface area contributed by atoms with E-state index < -0.39 is 0 Å². The van der Waals surface area contributed by atoms with Crippen LogP contribution in [0.5, 0.6) is 0 Å². The van der Waals surface area contributed by atoms with E-state index in [2.05, 4.69) is 32.9 Å². The predicted molar refractivity (Wildman–Crippen MR) is 126 cm³/mol. The Balaban J connectivity index is 0. The highest BCUT2D eigenvalue weighted by molar-refractivity contribution is 5.69. The Labute approximate surface area is 177 Å². The molecule has 0 N–H and O–H groups in total. The first-order valence-corrected chi connectivity index (χ1v) is 12.5. The van der Waals surface area contributed by atoms with Gasteiger partial charge >= 0.3 is 5.97 Å². The van der Waals surface area contributed by atoms with Crippen LogP contribution in [-0.4, -0.2) is 12.6 Å². The molecule has 0 aromatic carbocycles. The zero-order chi connectivity index (χ0) is 21.1. The topological polar surface area (TPSA) is 26.3 Å². The first-order chi connectivity index (χ1) is 13.7. The average Bonchev–Trinajstić information content (AvgIpc) is 2.71. The van der Waals surface area contributed by atoms with E-state index in [1.54, 1.807) is 0 Å². The van der Waals surface area contributed by atoms with E-state index in [1.807, 2.05) is 6.92 Å². The van der Waals surface area contributed by atoms with E-state index >= 15 is 0 Å². The normalized spacial score (nSPS) is 10.7. The quantitative estimate of drug-likeness (QED) is 0.123. The van der Waals surface area contributed by atoms with Gasteiger partial charge in [-0.3, -0.25) is 4.79 Å². The highest BCUT2D eigenvalue weighted by atomic mass is 16.5. The number of unbranched alkanes of at least 4 members (excludes halogenated alkanes) is 13. The molecule has 0 aliphatic rings. The van der Waals surface area contributed by atoms with Crippen molar-refractivity contribution in [1.82, 2.24) is 0 Å². The van der Waals surface area contributed by atoms with Crippen molar-refractivity contribution in [3.05, 3.63) is 12.2 Å². The lowest BCUT2D eigenvalue weighted by Gasteiger charge is -2.03. The maximum Gasteiger partial charge on any atom is 0.305 e. The molecule has 0 heterocycles. The summed E-state index contributed by atoms with van der Waals surface area (Å²) in [4.78, 5) is 11.2. The number of carbonyl (C=O) groups is 1. The molecule has 0 aromatic heterocycles. The molecular formula is C26H52O2. The summed E-state index contributed by atoms with van der Waals surface area (Å²) in [5.41, 5.74) is 0. The first kappa shape index (κ1) is 29.4. The molecule has 2 heteroatoms. The lowest BCUT2D eigenvalue weighted by Crippen LogP contribution is -2.04. The zero-order valence-electron chi connectivity index (χ0n) is 19.9. The van der Waals surface area contributed by atoms with E-state index in [1.165, 1.54) is 96.3 Å². The van der Waals surface area contributed by atoms with Crippen molar-refractivity contribution < 1.29 is 9.53 Å². The second-order valence-corrected chi connectivity index (χ2v) is 7.91. The van der Waals surface area contributed by atoms with Crippen molar-refractivity contribution in [3.8, 4) is 0 Å². The Hall–Kier alpha value is -0.790. The Kier molecular flexibility index (Phi) is 29.9. The molecule has 0 spiro atoms. The number of carbonyl (C=O) groups excluding carboxylic acids is 1. The molecule has 28 heavy (non-hydrogen) atoms. The third-order valence-electron chi connectivity index (χ3n) is 4.80. The molecule has 0 saturated carbocycles. The minimum absolute atomic E-state index is 0.0205. The van der Waals surface area contributed by atoms with Crippen LogP contribution in [0.3, 0.4) is 0 Å². The van der Waals surface area contributed by atoms with Gasteiger partial charge in [-0.1, -0.05) is 117 Å². The molecule has 0 radical (unpaired) electrons. The Morgan fingerprint density at radius 1 is 0.571 bits per heavy atom. The Bertz CT molecular complexity index is 310. The molecule has 0 amide bonds. The second-order valence-electron chi connectivity index (χ2n) is 7.91. The molecule has 0 bridgehead atoms. The number of rotatable bonds is 19. The van der Waals surface area contributed by atoms with Crippen LogP contribution in [0.25, 0.3) is 0 Å². The minimum atomic E-state index is -0.0205. The van der Waals surface area contributed by atoms with Crippen LogP contribution in [0.1, 0.15) is 143 Å². The van der Waals surface area contributed by atoms with Gasteiger partial charge in [-0.15, -0.1) is 0 Å². The van der Waals surface area contributed by atoms with Crippen molar-refractivity contribution in [2.45, 2.75) is 143 Å². The molecule has 0 aromatic rings. The second kappa shape index (κ2) is 28.4. The fourth-order valence-corrected chi connectivity index (χ4v) is 2.96. The monoisotopic (exact) mass is 396 g/mol. The van der Waals surface area contributed by atoms with Gasteiger partial charge in [0.1, 0.15) is 0 Å². The molecule has 0 atom stereocenters. The fourth-order valence-electron chi connectivity index (χ4n) is 2.96. The van der Waals surface area contributed by atoms with Gasteiger partial charge in [0.2, 0.25) is 0 Å². The Morgan fingerprint density at radius 3 is 1.61 bits per heavy atom. The van der Waals surface area contributed by atoms with Gasteiger partial charge in [0, 0.05) is 6.42 Å². The number of allylic oxidation sites excluding steroid dienone is 2. The van der Waals surface area contributed by atoms with Gasteiger partial charge in [0.25, 0.3) is 0 Å². The number of hydrogen-bond donors (Lipinski definition) is 0. The third-order valence-corrected chi connectivity index (χ3v) is 4.80. The molecule has 0 aliphatic carbocycles. The van der Waals surface area contributed by atoms with Crippen LogP contribution >= 0.6 is 0 Å². The molecule has 2 nitrogen and oxygen atoms in total. The molecular weight excluding hydrogens is 344 g/mol. The van der Waals surface area contributed by atoms with Gasteiger partial charge in [-0.2, -0.15) is 0 Å². The zero-order valence-corrected chi connectivity index (χ0v) is 19.9. The highest BCUT2D eigenvalue weighted by Crippen LogP contribution is 2.10. The average molecular weight is 397 g/mol. The van der Waals surface area contributed by atoms with E-state index in [-0.39, 0.29) is 5.97 Å². The fraction of sp³-hybridized carbons (Fsp3) is 0.885. The number of ether oxygens (including phenoxy) is 1. The van der Waals surface area contributed by atoms with Crippen LogP contribution in [0.2, 0.25) is 0 Å². The Morgan fingerprint density at radius 2 is 1.07 bits per heavy atom. The molecule has 168 valence electrons. The third kappa shape index (κ3) is 30.0. The molecule has 0 aliphatic heterocycles. The van der Waals surface area contributed by atoms with Crippen molar-refractivity contribution in [2.75, 3.05) is 6.61 Å². The van der Waals surface area contributed by atoms with Gasteiger partial charge in [0.15, 0.2) is 0 Å². The van der Waals surface area contributed by atoms with Crippen molar-refractivity contribution in [2.24, 2.45) is 0 Å². The van der Waals surface area contributed by atoms with Gasteiger partial charge in [0.05, 0.1) is 6.61 Å². The first-order valence-electron chi connectivity index (χ1n) is 12.5. The van der Waals surface area contributed by atoms with E-state index in [4.69, 9.17) is 4.74 Å². The SMILES string of the molecule is CCC/C=C/CCCCCCC.CCCCCCCCCCC(=O)OCCC. The lowest BCUT2D eigenvalue weighted by molar-refractivity contribution is -0.143. The van der Waals surface area contributed by atoms with Crippen LogP contribution in [0, 0.1) is 0 Å². The smallest absolute Gasteiger partial charge is 0.305 e. The molecule has 0 rings (SSSR count). The summed E-state index contributed by atoms with van der Waals surface area (Å²) in [6.45, 7) is 9.33. The molecule has 0 fully saturated rings. The summed E-state index contributed by atoms with van der Waals surface area (Å²) < 4.78 is 5.01. The summed E-state index contributed by atoms with van der Waals surface area (Å²) in [6, 6.07) is 0. The van der Waals surface area contributed by atoms with Crippen LogP contribution in [-0.2, 0) is 9.53 Å². The number of esters is 1. The standard InChI is InChI=1S/C14H28O2.C12H24/c1-3-5-6-7-8-9-10-11-12-14(15)16-13-4-2;1-3-5-7-9-11-12-10-8-6-4-2/h3-13H2,1-2H3;7,9H,3-6,8,10-12H2,1-2H3/b;9-7+. The molecule has 0 saturated heterocycles. The maximum atomic E-state index is 11.2. The largest absolute Gasteiger partial charge is 0.466 e. The van der Waals surface area contributed by atoms with Gasteiger partial charge in [-0.25, -0.2) is 0 Å².